The number of hydrogen-bond donors (Lipinski definition) is 0. The lowest BCUT2D eigenvalue weighted by Gasteiger charge is -2.38. The Bertz CT molecular complexity index is 641. The Morgan fingerprint density at radius 3 is 2.10 bits per heavy atom. The van der Waals surface area contributed by atoms with E-state index < -0.39 is 8.32 Å². The minimum atomic E-state index is -1.84. The van der Waals surface area contributed by atoms with Crippen LogP contribution in [0.15, 0.2) is 12.1 Å². The number of benzene rings is 1. The van der Waals surface area contributed by atoms with Gasteiger partial charge < -0.3 is 18.6 Å². The van der Waals surface area contributed by atoms with Crippen LogP contribution in [0.1, 0.15) is 89.2 Å². The van der Waals surface area contributed by atoms with Crippen molar-refractivity contribution in [3.8, 4) is 5.75 Å². The van der Waals surface area contributed by atoms with Gasteiger partial charge in [-0.25, -0.2) is 0 Å². The van der Waals surface area contributed by atoms with Crippen LogP contribution in [0.4, 0.5) is 0 Å². The summed E-state index contributed by atoms with van der Waals surface area (Å²) in [6.45, 7) is 8.77. The SMILES string of the molecule is CCCC[Si](CCCC)(CCCC)O[C@H]1CCOc2c(Cl)cc(C3OCCO3)cc21. The molecule has 0 aliphatic carbocycles. The molecule has 30 heavy (non-hydrogen) atoms. The Labute approximate surface area is 188 Å². The quantitative estimate of drug-likeness (QED) is 0.305. The second-order valence-corrected chi connectivity index (χ2v) is 13.2. The first kappa shape index (κ1) is 24.1. The number of hydrogen-bond acceptors (Lipinski definition) is 4. The van der Waals surface area contributed by atoms with Crippen LogP contribution < -0.4 is 4.74 Å². The fraction of sp³-hybridized carbons (Fsp3) is 0.750. The molecule has 6 heteroatoms. The van der Waals surface area contributed by atoms with Crippen LogP contribution in [0.5, 0.6) is 5.75 Å². The molecule has 1 fully saturated rings. The number of ether oxygens (including phenoxy) is 3. The van der Waals surface area contributed by atoms with Gasteiger partial charge in [-0.1, -0.05) is 70.9 Å². The third kappa shape index (κ3) is 6.01. The summed E-state index contributed by atoms with van der Waals surface area (Å²) in [5, 5.41) is 0.637. The molecule has 170 valence electrons. The fourth-order valence-corrected chi connectivity index (χ4v) is 9.85. The van der Waals surface area contributed by atoms with E-state index in [4.69, 9.17) is 30.2 Å². The lowest BCUT2D eigenvalue weighted by molar-refractivity contribution is -0.0443. The molecule has 1 saturated heterocycles. The highest BCUT2D eigenvalue weighted by Gasteiger charge is 2.38. The highest BCUT2D eigenvalue weighted by Crippen LogP contribution is 2.45. The summed E-state index contributed by atoms with van der Waals surface area (Å²) < 4.78 is 24.6. The van der Waals surface area contributed by atoms with E-state index in [9.17, 15) is 0 Å². The maximum absolute atomic E-state index is 7.20. The molecule has 0 bridgehead atoms. The molecule has 0 aromatic heterocycles. The summed E-state index contributed by atoms with van der Waals surface area (Å²) in [4.78, 5) is 0. The Hall–Kier alpha value is -0.593. The maximum Gasteiger partial charge on any atom is 0.193 e. The largest absolute Gasteiger partial charge is 0.492 e. The molecule has 2 aliphatic rings. The van der Waals surface area contributed by atoms with Crippen molar-refractivity contribution < 1.29 is 18.6 Å². The third-order valence-corrected chi connectivity index (χ3v) is 11.2. The molecule has 0 spiro atoms. The lowest BCUT2D eigenvalue weighted by Crippen LogP contribution is -2.40. The van der Waals surface area contributed by atoms with Crippen molar-refractivity contribution in [1.29, 1.82) is 0 Å². The van der Waals surface area contributed by atoms with E-state index in [1.165, 1.54) is 56.7 Å². The van der Waals surface area contributed by atoms with Gasteiger partial charge in [-0.3, -0.25) is 0 Å². The summed E-state index contributed by atoms with van der Waals surface area (Å²) in [7, 11) is -1.84. The van der Waals surface area contributed by atoms with Crippen LogP contribution in [0.2, 0.25) is 23.2 Å². The molecule has 1 aromatic rings. The molecule has 3 rings (SSSR count). The second kappa shape index (κ2) is 11.9. The van der Waals surface area contributed by atoms with Crippen molar-refractivity contribution in [2.24, 2.45) is 0 Å². The maximum atomic E-state index is 7.20. The molecule has 2 aliphatic heterocycles. The number of fused-ring (bicyclic) bond motifs is 1. The van der Waals surface area contributed by atoms with E-state index in [1.807, 2.05) is 6.07 Å². The lowest BCUT2D eigenvalue weighted by atomic mass is 10.0. The van der Waals surface area contributed by atoms with E-state index >= 15 is 0 Å². The summed E-state index contributed by atoms with van der Waals surface area (Å²) in [6, 6.07) is 7.86. The first-order valence-electron chi connectivity index (χ1n) is 12.0. The first-order valence-corrected chi connectivity index (χ1v) is 14.9. The molecule has 0 N–H and O–H groups in total. The van der Waals surface area contributed by atoms with Gasteiger partial charge in [0.1, 0.15) is 5.75 Å². The van der Waals surface area contributed by atoms with Gasteiger partial charge in [0.25, 0.3) is 0 Å². The molecular formula is C24H39ClO4Si. The van der Waals surface area contributed by atoms with Gasteiger partial charge in [-0.15, -0.1) is 0 Å². The number of unbranched alkanes of at least 4 members (excludes halogenated alkanes) is 3. The van der Waals surface area contributed by atoms with Crippen LogP contribution in [0.25, 0.3) is 0 Å². The summed E-state index contributed by atoms with van der Waals surface area (Å²) >= 11 is 6.63. The van der Waals surface area contributed by atoms with Gasteiger partial charge in [0.15, 0.2) is 14.6 Å². The normalized spacial score (nSPS) is 19.7. The van der Waals surface area contributed by atoms with Crippen molar-refractivity contribution >= 4 is 19.9 Å². The third-order valence-electron chi connectivity index (χ3n) is 6.31. The van der Waals surface area contributed by atoms with Crippen LogP contribution >= 0.6 is 11.6 Å². The van der Waals surface area contributed by atoms with E-state index in [0.29, 0.717) is 24.8 Å². The van der Waals surface area contributed by atoms with Gasteiger partial charge in [-0.2, -0.15) is 0 Å². The van der Waals surface area contributed by atoms with Gasteiger partial charge >= 0.3 is 0 Å². The zero-order valence-electron chi connectivity index (χ0n) is 19.0. The van der Waals surface area contributed by atoms with Crippen molar-refractivity contribution in [2.75, 3.05) is 19.8 Å². The van der Waals surface area contributed by atoms with E-state index in [2.05, 4.69) is 26.8 Å². The Morgan fingerprint density at radius 2 is 1.53 bits per heavy atom. The van der Waals surface area contributed by atoms with E-state index in [-0.39, 0.29) is 12.4 Å². The van der Waals surface area contributed by atoms with Crippen molar-refractivity contribution in [2.45, 2.75) is 96.2 Å². The summed E-state index contributed by atoms with van der Waals surface area (Å²) in [5.41, 5.74) is 2.06. The Kier molecular flexibility index (Phi) is 9.51. The fourth-order valence-electron chi connectivity index (χ4n) is 4.61. The topological polar surface area (TPSA) is 36.9 Å². The summed E-state index contributed by atoms with van der Waals surface area (Å²) in [6.07, 6.45) is 8.09. The first-order chi connectivity index (χ1) is 14.6. The van der Waals surface area contributed by atoms with Gasteiger partial charge in [-0.05, 0) is 30.3 Å². The predicted molar refractivity (Wildman–Crippen MR) is 125 cm³/mol. The molecule has 0 amide bonds. The molecular weight excluding hydrogens is 416 g/mol. The standard InChI is InChI=1S/C24H39ClO4Si/c1-4-7-14-30(15-8-5-2,16-9-6-3)29-22-10-11-26-23-20(22)17-19(18-21(23)25)24-27-12-13-28-24/h17-18,22,24H,4-16H2,1-3H3/t22-/m0/s1. The average molecular weight is 455 g/mol. The molecule has 2 heterocycles. The van der Waals surface area contributed by atoms with Crippen LogP contribution in [0, 0.1) is 0 Å². The monoisotopic (exact) mass is 454 g/mol. The zero-order valence-corrected chi connectivity index (χ0v) is 20.8. The molecule has 4 nitrogen and oxygen atoms in total. The number of rotatable bonds is 12. The molecule has 1 atom stereocenters. The predicted octanol–water partition coefficient (Wildman–Crippen LogP) is 7.57. The smallest absolute Gasteiger partial charge is 0.193 e. The molecule has 0 saturated carbocycles. The Balaban J connectivity index is 1.89. The van der Waals surface area contributed by atoms with E-state index in [0.717, 1.165) is 23.3 Å². The van der Waals surface area contributed by atoms with E-state index in [1.54, 1.807) is 0 Å². The minimum Gasteiger partial charge on any atom is -0.492 e. The Morgan fingerprint density at radius 1 is 0.933 bits per heavy atom. The van der Waals surface area contributed by atoms with Crippen molar-refractivity contribution in [3.05, 3.63) is 28.3 Å². The summed E-state index contributed by atoms with van der Waals surface area (Å²) in [5.74, 6) is 0.791. The van der Waals surface area contributed by atoms with Gasteiger partial charge in [0.2, 0.25) is 0 Å². The average Bonchev–Trinajstić information content (AvgIpc) is 3.30. The van der Waals surface area contributed by atoms with Crippen LogP contribution in [-0.4, -0.2) is 28.1 Å². The van der Waals surface area contributed by atoms with Crippen molar-refractivity contribution in [1.82, 2.24) is 0 Å². The zero-order chi connectivity index (χ0) is 21.4. The van der Waals surface area contributed by atoms with Gasteiger partial charge in [0, 0.05) is 17.5 Å². The van der Waals surface area contributed by atoms with Gasteiger partial charge in [0.05, 0.1) is 30.9 Å². The molecule has 0 radical (unpaired) electrons. The van der Waals surface area contributed by atoms with Crippen LogP contribution in [-0.2, 0) is 13.9 Å². The minimum absolute atomic E-state index is 0.0600. The highest BCUT2D eigenvalue weighted by atomic mass is 35.5. The van der Waals surface area contributed by atoms with Crippen molar-refractivity contribution in [3.63, 3.8) is 0 Å². The van der Waals surface area contributed by atoms with Crippen LogP contribution in [0.3, 0.4) is 0 Å². The number of halogens is 1. The molecule has 0 unspecified atom stereocenters. The molecule has 1 aromatic carbocycles. The second-order valence-electron chi connectivity index (χ2n) is 8.73. The highest BCUT2D eigenvalue weighted by molar-refractivity contribution is 6.73.